The van der Waals surface area contributed by atoms with Gasteiger partial charge in [-0.05, 0) is 37.0 Å². The van der Waals surface area contributed by atoms with Crippen LogP contribution in [0.15, 0.2) is 18.2 Å². The van der Waals surface area contributed by atoms with E-state index >= 15 is 0 Å². The molecule has 10 heteroatoms. The number of amides is 1. The number of hydrogen-bond donors (Lipinski definition) is 2. The third-order valence-electron chi connectivity index (χ3n) is 5.19. The summed E-state index contributed by atoms with van der Waals surface area (Å²) in [4.78, 5) is 25.8. The fourth-order valence-corrected chi connectivity index (χ4v) is 3.98. The van der Waals surface area contributed by atoms with E-state index in [-0.39, 0.29) is 30.7 Å². The Kier molecular flexibility index (Phi) is 12.0. The van der Waals surface area contributed by atoms with Gasteiger partial charge in [0.15, 0.2) is 5.78 Å². The normalized spacial score (nSPS) is 16.9. The summed E-state index contributed by atoms with van der Waals surface area (Å²) in [5.41, 5.74) is 0.360. The molecular weight excluding hydrogens is 454 g/mol. The highest BCUT2D eigenvalue weighted by atomic mass is 35.5. The molecule has 32 heavy (non-hydrogen) atoms. The van der Waals surface area contributed by atoms with Gasteiger partial charge in [-0.25, -0.2) is 0 Å². The van der Waals surface area contributed by atoms with Crippen molar-refractivity contribution in [3.63, 3.8) is 0 Å². The first-order chi connectivity index (χ1) is 15.3. The summed E-state index contributed by atoms with van der Waals surface area (Å²) in [6.45, 7) is 6.86. The number of carbonyl (C=O) groups is 2. The van der Waals surface area contributed by atoms with E-state index in [1.54, 1.807) is 18.2 Å². The van der Waals surface area contributed by atoms with Crippen LogP contribution >= 0.6 is 23.2 Å². The quantitative estimate of drug-likeness (QED) is 0.368. The number of benzene rings is 1. The third kappa shape index (κ3) is 9.00. The molecule has 0 spiro atoms. The smallest absolute Gasteiger partial charge is 0.408 e. The maximum atomic E-state index is 13.1. The second-order valence-electron chi connectivity index (χ2n) is 8.34. The third-order valence-corrected chi connectivity index (χ3v) is 5.76. The van der Waals surface area contributed by atoms with Gasteiger partial charge in [0, 0.05) is 50.4 Å². The summed E-state index contributed by atoms with van der Waals surface area (Å²) < 4.78 is 17.0. The van der Waals surface area contributed by atoms with Gasteiger partial charge < -0.3 is 24.7 Å². The lowest BCUT2D eigenvalue weighted by molar-refractivity contribution is -0.127. The van der Waals surface area contributed by atoms with Crippen molar-refractivity contribution in [1.82, 2.24) is 10.6 Å². The number of ketones is 1. The molecule has 0 aromatic heterocycles. The SMILES string of the molecule is COC[C@H](CCC(=O)c1cc(Cl)ccc1Cl)C(=O)N[C@@H](CC(C)C)B1OCCNCCO1. The van der Waals surface area contributed by atoms with Crippen LogP contribution in [0.2, 0.25) is 10.0 Å². The molecule has 2 rings (SSSR count). The first-order valence-corrected chi connectivity index (χ1v) is 11.8. The summed E-state index contributed by atoms with van der Waals surface area (Å²) in [6.07, 6.45) is 1.19. The first kappa shape index (κ1) is 27.1. The van der Waals surface area contributed by atoms with E-state index in [4.69, 9.17) is 37.2 Å². The van der Waals surface area contributed by atoms with Crippen LogP contribution in [0.1, 0.15) is 43.5 Å². The van der Waals surface area contributed by atoms with Crippen molar-refractivity contribution in [3.8, 4) is 0 Å². The molecule has 1 aromatic carbocycles. The van der Waals surface area contributed by atoms with Gasteiger partial charge in [-0.1, -0.05) is 37.0 Å². The van der Waals surface area contributed by atoms with Gasteiger partial charge in [0.2, 0.25) is 5.91 Å². The molecule has 0 bridgehead atoms. The largest absolute Gasteiger partial charge is 0.480 e. The molecule has 0 aliphatic carbocycles. The highest BCUT2D eigenvalue weighted by Gasteiger charge is 2.34. The number of nitrogens with one attached hydrogen (secondary N) is 2. The Bertz CT molecular complexity index is 745. The summed E-state index contributed by atoms with van der Waals surface area (Å²) in [5, 5.41) is 7.08. The Morgan fingerprint density at radius 1 is 1.22 bits per heavy atom. The van der Waals surface area contributed by atoms with Crippen molar-refractivity contribution in [2.45, 2.75) is 39.1 Å². The molecule has 0 unspecified atom stereocenters. The highest BCUT2D eigenvalue weighted by molar-refractivity contribution is 6.47. The van der Waals surface area contributed by atoms with Gasteiger partial charge in [-0.2, -0.15) is 0 Å². The molecule has 1 aromatic rings. The zero-order valence-electron chi connectivity index (χ0n) is 19.0. The van der Waals surface area contributed by atoms with Gasteiger partial charge in [0.1, 0.15) is 0 Å². The molecule has 1 amide bonds. The van der Waals surface area contributed by atoms with E-state index in [1.807, 2.05) is 0 Å². The van der Waals surface area contributed by atoms with Crippen molar-refractivity contribution in [2.24, 2.45) is 11.8 Å². The molecule has 0 radical (unpaired) electrons. The zero-order valence-corrected chi connectivity index (χ0v) is 20.5. The van der Waals surface area contributed by atoms with Crippen LogP contribution in [0.25, 0.3) is 0 Å². The van der Waals surface area contributed by atoms with E-state index in [1.165, 1.54) is 7.11 Å². The predicted molar refractivity (Wildman–Crippen MR) is 127 cm³/mol. The van der Waals surface area contributed by atoms with E-state index in [0.29, 0.717) is 47.6 Å². The molecule has 1 saturated heterocycles. The standard InChI is InChI=1S/C22H33BCl2N2O5/c1-15(2)12-21(23-31-10-8-26-9-11-32-23)27-22(29)16(14-30-3)4-7-20(28)18-13-17(24)5-6-19(18)25/h5-6,13,15-16,21,26H,4,7-12,14H2,1-3H3,(H,27,29)/t16-,21-/m0/s1. The number of methoxy groups -OCH3 is 1. The summed E-state index contributed by atoms with van der Waals surface area (Å²) >= 11 is 12.1. The van der Waals surface area contributed by atoms with E-state index in [0.717, 1.165) is 13.1 Å². The fraction of sp³-hybridized carbons (Fsp3) is 0.636. The molecule has 1 aliphatic rings. The number of hydrogen-bond acceptors (Lipinski definition) is 6. The minimum Gasteiger partial charge on any atom is -0.408 e. The van der Waals surface area contributed by atoms with Crippen LogP contribution in [0, 0.1) is 11.8 Å². The molecule has 0 saturated carbocycles. The van der Waals surface area contributed by atoms with E-state index < -0.39 is 13.0 Å². The average Bonchev–Trinajstić information content (AvgIpc) is 2.71. The van der Waals surface area contributed by atoms with Gasteiger partial charge in [0.05, 0.1) is 23.5 Å². The Labute approximate surface area is 201 Å². The fourth-order valence-electron chi connectivity index (χ4n) is 3.59. The second-order valence-corrected chi connectivity index (χ2v) is 9.19. The maximum absolute atomic E-state index is 13.1. The lowest BCUT2D eigenvalue weighted by atomic mass is 9.73. The molecular formula is C22H33BCl2N2O5. The van der Waals surface area contributed by atoms with Crippen molar-refractivity contribution in [3.05, 3.63) is 33.8 Å². The summed E-state index contributed by atoms with van der Waals surface area (Å²) in [5.74, 6) is -0.799. The molecule has 1 heterocycles. The highest BCUT2D eigenvalue weighted by Crippen LogP contribution is 2.23. The molecule has 1 aliphatic heterocycles. The maximum Gasteiger partial charge on any atom is 0.480 e. The van der Waals surface area contributed by atoms with Crippen LogP contribution in [-0.2, 0) is 18.8 Å². The van der Waals surface area contributed by atoms with E-state index in [9.17, 15) is 9.59 Å². The molecule has 7 nitrogen and oxygen atoms in total. The van der Waals surface area contributed by atoms with E-state index in [2.05, 4.69) is 24.5 Å². The number of carbonyl (C=O) groups excluding carboxylic acids is 2. The molecule has 178 valence electrons. The number of rotatable bonds is 11. The Hall–Kier alpha value is -1.16. The lowest BCUT2D eigenvalue weighted by Gasteiger charge is -2.29. The topological polar surface area (TPSA) is 85.9 Å². The zero-order chi connectivity index (χ0) is 23.5. The molecule has 1 fully saturated rings. The minimum absolute atomic E-state index is 0.151. The second kappa shape index (κ2) is 14.2. The van der Waals surface area contributed by atoms with Crippen LogP contribution in [0.5, 0.6) is 0 Å². The van der Waals surface area contributed by atoms with Crippen LogP contribution < -0.4 is 10.6 Å². The number of halogens is 2. The molecule has 2 N–H and O–H groups in total. The van der Waals surface area contributed by atoms with Gasteiger partial charge in [-0.3, -0.25) is 9.59 Å². The van der Waals surface area contributed by atoms with Crippen LogP contribution in [-0.4, -0.2) is 64.8 Å². The van der Waals surface area contributed by atoms with Crippen molar-refractivity contribution in [2.75, 3.05) is 40.0 Å². The summed E-state index contributed by atoms with van der Waals surface area (Å²) in [6, 6.07) is 4.78. The first-order valence-electron chi connectivity index (χ1n) is 11.0. The minimum atomic E-state index is -0.515. The van der Waals surface area contributed by atoms with Gasteiger partial charge >= 0.3 is 7.12 Å². The molecule has 2 atom stereocenters. The predicted octanol–water partition coefficient (Wildman–Crippen LogP) is 3.41. The monoisotopic (exact) mass is 486 g/mol. The van der Waals surface area contributed by atoms with Crippen molar-refractivity contribution in [1.29, 1.82) is 0 Å². The Balaban J connectivity index is 2.03. The van der Waals surface area contributed by atoms with Crippen LogP contribution in [0.4, 0.5) is 0 Å². The van der Waals surface area contributed by atoms with Crippen molar-refractivity contribution >= 4 is 42.0 Å². The summed E-state index contributed by atoms with van der Waals surface area (Å²) in [7, 11) is 1.02. The average molecular weight is 487 g/mol. The van der Waals surface area contributed by atoms with Gasteiger partial charge in [-0.15, -0.1) is 0 Å². The number of ether oxygens (including phenoxy) is 1. The van der Waals surface area contributed by atoms with Crippen molar-refractivity contribution < 1.29 is 23.6 Å². The Morgan fingerprint density at radius 3 is 2.53 bits per heavy atom. The van der Waals surface area contributed by atoms with Crippen LogP contribution in [0.3, 0.4) is 0 Å². The number of Topliss-reactive ketones (excluding diaryl/α,β-unsaturated/α-hetero) is 1. The Morgan fingerprint density at radius 2 is 1.91 bits per heavy atom. The lowest BCUT2D eigenvalue weighted by Crippen LogP contribution is -2.53. The van der Waals surface area contributed by atoms with Gasteiger partial charge in [0.25, 0.3) is 0 Å².